The second-order valence-electron chi connectivity index (χ2n) is 3.95. The highest BCUT2D eigenvalue weighted by Crippen LogP contribution is 2.13. The Bertz CT molecular complexity index is 166. The van der Waals surface area contributed by atoms with Gasteiger partial charge in [0.1, 0.15) is 6.04 Å². The molecule has 0 spiro atoms. The molecule has 0 saturated carbocycles. The van der Waals surface area contributed by atoms with Crippen LogP contribution in [0.2, 0.25) is 0 Å². The summed E-state index contributed by atoms with van der Waals surface area (Å²) in [7, 11) is 0. The third kappa shape index (κ3) is 3.35. The molecule has 3 heteroatoms. The van der Waals surface area contributed by atoms with E-state index in [0.717, 1.165) is 6.54 Å². The zero-order valence-corrected chi connectivity index (χ0v) is 9.24. The van der Waals surface area contributed by atoms with Crippen LogP contribution in [0, 0.1) is 5.92 Å². The van der Waals surface area contributed by atoms with Gasteiger partial charge in [0.25, 0.3) is 0 Å². The summed E-state index contributed by atoms with van der Waals surface area (Å²) in [4.78, 5) is 13.0. The SMILES string of the molecule is CCN(C(C)C)C(C(=O)O)C(C)C. The van der Waals surface area contributed by atoms with E-state index in [1.807, 2.05) is 39.5 Å². The lowest BCUT2D eigenvalue weighted by molar-refractivity contribution is -0.145. The lowest BCUT2D eigenvalue weighted by Crippen LogP contribution is -2.48. The van der Waals surface area contributed by atoms with E-state index in [4.69, 9.17) is 5.11 Å². The molecule has 0 amide bonds. The van der Waals surface area contributed by atoms with Crippen molar-refractivity contribution >= 4 is 5.97 Å². The monoisotopic (exact) mass is 187 g/mol. The van der Waals surface area contributed by atoms with Crippen LogP contribution < -0.4 is 0 Å². The van der Waals surface area contributed by atoms with E-state index in [1.165, 1.54) is 0 Å². The summed E-state index contributed by atoms with van der Waals surface area (Å²) in [6.45, 7) is 10.7. The average molecular weight is 187 g/mol. The fraction of sp³-hybridized carbons (Fsp3) is 0.900. The predicted octanol–water partition coefficient (Wildman–Crippen LogP) is 1.83. The summed E-state index contributed by atoms with van der Waals surface area (Å²) in [5.74, 6) is -0.564. The maximum absolute atomic E-state index is 11.0. The van der Waals surface area contributed by atoms with E-state index in [2.05, 4.69) is 0 Å². The zero-order valence-electron chi connectivity index (χ0n) is 9.24. The van der Waals surface area contributed by atoms with Gasteiger partial charge >= 0.3 is 5.97 Å². The van der Waals surface area contributed by atoms with Crippen LogP contribution >= 0.6 is 0 Å². The Labute approximate surface area is 80.7 Å². The molecule has 0 saturated heterocycles. The topological polar surface area (TPSA) is 40.5 Å². The van der Waals surface area contributed by atoms with Gasteiger partial charge < -0.3 is 5.11 Å². The molecule has 1 atom stereocenters. The van der Waals surface area contributed by atoms with Gasteiger partial charge in [0, 0.05) is 6.04 Å². The summed E-state index contributed by atoms with van der Waals surface area (Å²) in [5, 5.41) is 9.05. The summed E-state index contributed by atoms with van der Waals surface area (Å²) < 4.78 is 0. The van der Waals surface area contributed by atoms with E-state index >= 15 is 0 Å². The van der Waals surface area contributed by atoms with Crippen LogP contribution in [0.25, 0.3) is 0 Å². The largest absolute Gasteiger partial charge is 0.480 e. The highest BCUT2D eigenvalue weighted by atomic mass is 16.4. The van der Waals surface area contributed by atoms with Crippen molar-refractivity contribution in [3.05, 3.63) is 0 Å². The van der Waals surface area contributed by atoms with Gasteiger partial charge in [0.2, 0.25) is 0 Å². The van der Waals surface area contributed by atoms with Gasteiger partial charge in [0.05, 0.1) is 0 Å². The Morgan fingerprint density at radius 3 is 1.85 bits per heavy atom. The number of nitrogens with zero attached hydrogens (tertiary/aromatic N) is 1. The summed E-state index contributed by atoms with van der Waals surface area (Å²) >= 11 is 0. The zero-order chi connectivity index (χ0) is 10.6. The molecule has 0 bridgehead atoms. The van der Waals surface area contributed by atoms with Crippen LogP contribution in [0.1, 0.15) is 34.6 Å². The fourth-order valence-electron chi connectivity index (χ4n) is 1.69. The van der Waals surface area contributed by atoms with Crippen LogP contribution in [-0.4, -0.2) is 34.6 Å². The second kappa shape index (κ2) is 5.22. The maximum Gasteiger partial charge on any atom is 0.321 e. The molecule has 0 aromatic rings. The number of hydrogen-bond donors (Lipinski definition) is 1. The molecule has 0 aromatic heterocycles. The summed E-state index contributed by atoms with van der Waals surface area (Å²) in [6.07, 6.45) is 0. The lowest BCUT2D eigenvalue weighted by atomic mass is 10.0. The minimum absolute atomic E-state index is 0.153. The highest BCUT2D eigenvalue weighted by molar-refractivity contribution is 5.73. The Kier molecular flexibility index (Phi) is 4.99. The smallest absolute Gasteiger partial charge is 0.321 e. The quantitative estimate of drug-likeness (QED) is 0.713. The number of hydrogen-bond acceptors (Lipinski definition) is 2. The molecule has 1 unspecified atom stereocenters. The van der Waals surface area contributed by atoms with Crippen molar-refractivity contribution in [3.8, 4) is 0 Å². The van der Waals surface area contributed by atoms with Crippen LogP contribution in [0.5, 0.6) is 0 Å². The van der Waals surface area contributed by atoms with Crippen molar-refractivity contribution in [3.63, 3.8) is 0 Å². The molecule has 0 aliphatic rings. The standard InChI is InChI=1S/C10H21NO2/c1-6-11(8(4)5)9(7(2)3)10(12)13/h7-9H,6H2,1-5H3,(H,12,13). The number of likely N-dealkylation sites (N-methyl/N-ethyl adjacent to an activating group) is 1. The number of carbonyl (C=O) groups is 1. The Balaban J connectivity index is 4.59. The molecule has 0 heterocycles. The molecule has 0 radical (unpaired) electrons. The van der Waals surface area contributed by atoms with E-state index in [1.54, 1.807) is 0 Å². The van der Waals surface area contributed by atoms with Crippen molar-refractivity contribution in [1.82, 2.24) is 4.90 Å². The van der Waals surface area contributed by atoms with Gasteiger partial charge in [-0.15, -0.1) is 0 Å². The lowest BCUT2D eigenvalue weighted by Gasteiger charge is -2.33. The van der Waals surface area contributed by atoms with Crippen molar-refractivity contribution < 1.29 is 9.90 Å². The van der Waals surface area contributed by atoms with Crippen molar-refractivity contribution in [2.24, 2.45) is 5.92 Å². The molecular weight excluding hydrogens is 166 g/mol. The van der Waals surface area contributed by atoms with Crippen LogP contribution in [0.3, 0.4) is 0 Å². The van der Waals surface area contributed by atoms with Crippen LogP contribution in [0.4, 0.5) is 0 Å². The highest BCUT2D eigenvalue weighted by Gasteiger charge is 2.28. The normalized spacial score (nSPS) is 14.2. The van der Waals surface area contributed by atoms with E-state index in [-0.39, 0.29) is 18.0 Å². The van der Waals surface area contributed by atoms with Crippen LogP contribution in [0.15, 0.2) is 0 Å². The van der Waals surface area contributed by atoms with Gasteiger partial charge in [-0.1, -0.05) is 20.8 Å². The molecule has 13 heavy (non-hydrogen) atoms. The molecule has 0 aromatic carbocycles. The number of aliphatic carboxylic acids is 1. The minimum Gasteiger partial charge on any atom is -0.480 e. The first-order chi connectivity index (χ1) is 5.91. The maximum atomic E-state index is 11.0. The third-order valence-corrected chi connectivity index (χ3v) is 2.27. The number of carboxylic acid groups (broad SMARTS) is 1. The molecule has 0 rings (SSSR count). The van der Waals surface area contributed by atoms with Gasteiger partial charge in [-0.05, 0) is 26.3 Å². The Morgan fingerprint density at radius 2 is 1.77 bits per heavy atom. The number of rotatable bonds is 5. The Morgan fingerprint density at radius 1 is 1.31 bits per heavy atom. The van der Waals surface area contributed by atoms with Gasteiger partial charge in [-0.3, -0.25) is 9.69 Å². The summed E-state index contributed by atoms with van der Waals surface area (Å²) in [5.41, 5.74) is 0. The van der Waals surface area contributed by atoms with Gasteiger partial charge in [-0.25, -0.2) is 0 Å². The molecule has 0 aliphatic heterocycles. The van der Waals surface area contributed by atoms with Crippen molar-refractivity contribution in [2.75, 3.05) is 6.54 Å². The fourth-order valence-corrected chi connectivity index (χ4v) is 1.69. The average Bonchev–Trinajstić information content (AvgIpc) is 1.97. The molecule has 0 aliphatic carbocycles. The van der Waals surface area contributed by atoms with Crippen LogP contribution in [-0.2, 0) is 4.79 Å². The van der Waals surface area contributed by atoms with Crippen molar-refractivity contribution in [2.45, 2.75) is 46.7 Å². The van der Waals surface area contributed by atoms with E-state index in [9.17, 15) is 4.79 Å². The molecular formula is C10H21NO2. The second-order valence-corrected chi connectivity index (χ2v) is 3.95. The molecule has 1 N–H and O–H groups in total. The van der Waals surface area contributed by atoms with E-state index in [0.29, 0.717) is 0 Å². The molecule has 78 valence electrons. The molecule has 0 fully saturated rings. The molecule has 3 nitrogen and oxygen atoms in total. The van der Waals surface area contributed by atoms with E-state index < -0.39 is 5.97 Å². The van der Waals surface area contributed by atoms with Gasteiger partial charge in [-0.2, -0.15) is 0 Å². The summed E-state index contributed by atoms with van der Waals surface area (Å²) in [6, 6.07) is -0.0708. The minimum atomic E-state index is -0.717. The van der Waals surface area contributed by atoms with Gasteiger partial charge in [0.15, 0.2) is 0 Å². The first kappa shape index (κ1) is 12.4. The Hall–Kier alpha value is -0.570. The predicted molar refractivity (Wildman–Crippen MR) is 53.8 cm³/mol. The first-order valence-corrected chi connectivity index (χ1v) is 4.90. The third-order valence-electron chi connectivity index (χ3n) is 2.27. The van der Waals surface area contributed by atoms with Crippen molar-refractivity contribution in [1.29, 1.82) is 0 Å². The number of carboxylic acids is 1. The first-order valence-electron chi connectivity index (χ1n) is 4.90.